The normalized spacial score (nSPS) is 10.2. The van der Waals surface area contributed by atoms with E-state index < -0.39 is 0 Å². The van der Waals surface area contributed by atoms with Crippen LogP contribution in [0, 0.1) is 13.8 Å². The predicted molar refractivity (Wildman–Crippen MR) is 83.7 cm³/mol. The zero-order chi connectivity index (χ0) is 14.7. The van der Waals surface area contributed by atoms with Crippen molar-refractivity contribution in [2.75, 3.05) is 5.73 Å². The lowest BCUT2D eigenvalue weighted by Crippen LogP contribution is -2.00. The summed E-state index contributed by atoms with van der Waals surface area (Å²) in [4.78, 5) is 4.42. The lowest BCUT2D eigenvalue weighted by molar-refractivity contribution is 0.946. The van der Waals surface area contributed by atoms with E-state index >= 15 is 0 Å². The third-order valence-electron chi connectivity index (χ3n) is 2.93. The first-order valence-corrected chi connectivity index (χ1v) is 6.83. The molecule has 1 aromatic carbocycles. The molecule has 104 valence electrons. The summed E-state index contributed by atoms with van der Waals surface area (Å²) in [6, 6.07) is 12.0. The molecule has 2 N–H and O–H groups in total. The Balaban J connectivity index is 0.000000704. The van der Waals surface area contributed by atoms with Crippen molar-refractivity contribution in [3.8, 4) is 11.3 Å². The molecular weight excluding hydrogens is 248 g/mol. The summed E-state index contributed by atoms with van der Waals surface area (Å²) in [5.41, 5.74) is 10.8. The Morgan fingerprint density at radius 3 is 2.30 bits per heavy atom. The van der Waals surface area contributed by atoms with Crippen molar-refractivity contribution >= 4 is 11.5 Å². The second-order valence-electron chi connectivity index (χ2n) is 4.49. The van der Waals surface area contributed by atoms with Crippen molar-refractivity contribution in [2.24, 2.45) is 0 Å². The van der Waals surface area contributed by atoms with Gasteiger partial charge in [0.2, 0.25) is 0 Å². The Labute approximate surface area is 119 Å². The van der Waals surface area contributed by atoms with Crippen LogP contribution < -0.4 is 5.73 Å². The standard InChI is InChI=1S/C14H14N4.C2H6/c1-9-3-5-11(6-4-9)12-8-14-16-10(2)7-13(15)18(14)17-12;1-2/h3-8H,15H2,1-2H3;1-2H3. The molecule has 0 aliphatic rings. The maximum atomic E-state index is 5.93. The van der Waals surface area contributed by atoms with Crippen LogP contribution in [-0.4, -0.2) is 14.6 Å². The zero-order valence-electron chi connectivity index (χ0n) is 12.4. The van der Waals surface area contributed by atoms with Crippen molar-refractivity contribution in [3.63, 3.8) is 0 Å². The summed E-state index contributed by atoms with van der Waals surface area (Å²) in [5, 5.41) is 4.48. The molecule has 0 radical (unpaired) electrons. The second-order valence-corrected chi connectivity index (χ2v) is 4.49. The predicted octanol–water partition coefficient (Wildman–Crippen LogP) is 3.62. The van der Waals surface area contributed by atoms with E-state index in [1.807, 2.05) is 32.9 Å². The van der Waals surface area contributed by atoms with Crippen LogP contribution in [-0.2, 0) is 0 Å². The first-order valence-electron chi connectivity index (χ1n) is 6.83. The van der Waals surface area contributed by atoms with Crippen LogP contribution >= 0.6 is 0 Å². The minimum atomic E-state index is 0.607. The maximum Gasteiger partial charge on any atom is 0.158 e. The average molecular weight is 268 g/mol. The largest absolute Gasteiger partial charge is 0.384 e. The Morgan fingerprint density at radius 2 is 1.65 bits per heavy atom. The first-order chi connectivity index (χ1) is 9.63. The lowest BCUT2D eigenvalue weighted by atomic mass is 10.1. The van der Waals surface area contributed by atoms with E-state index in [1.54, 1.807) is 4.52 Å². The number of rotatable bonds is 1. The summed E-state index contributed by atoms with van der Waals surface area (Å²) in [6.07, 6.45) is 0. The molecule has 3 rings (SSSR count). The molecule has 0 atom stereocenters. The van der Waals surface area contributed by atoms with Gasteiger partial charge in [-0.25, -0.2) is 4.98 Å². The molecule has 2 heterocycles. The quantitative estimate of drug-likeness (QED) is 0.733. The molecule has 0 saturated heterocycles. The van der Waals surface area contributed by atoms with Crippen molar-refractivity contribution in [2.45, 2.75) is 27.7 Å². The lowest BCUT2D eigenvalue weighted by Gasteiger charge is -1.99. The zero-order valence-corrected chi connectivity index (χ0v) is 12.4. The molecule has 0 saturated carbocycles. The average Bonchev–Trinajstić information content (AvgIpc) is 2.86. The van der Waals surface area contributed by atoms with E-state index in [9.17, 15) is 0 Å². The highest BCUT2D eigenvalue weighted by Crippen LogP contribution is 2.21. The van der Waals surface area contributed by atoms with E-state index in [0.717, 1.165) is 22.6 Å². The van der Waals surface area contributed by atoms with E-state index in [1.165, 1.54) is 5.56 Å². The van der Waals surface area contributed by atoms with Crippen LogP contribution in [0.5, 0.6) is 0 Å². The molecule has 0 fully saturated rings. The molecule has 0 spiro atoms. The van der Waals surface area contributed by atoms with Crippen LogP contribution in [0.15, 0.2) is 36.4 Å². The second kappa shape index (κ2) is 5.74. The van der Waals surface area contributed by atoms with E-state index in [4.69, 9.17) is 5.73 Å². The van der Waals surface area contributed by atoms with Gasteiger partial charge in [0.15, 0.2) is 5.65 Å². The van der Waals surface area contributed by atoms with Gasteiger partial charge in [-0.2, -0.15) is 9.61 Å². The fraction of sp³-hybridized carbons (Fsp3) is 0.250. The number of nitrogens with zero attached hydrogens (tertiary/aromatic N) is 3. The highest BCUT2D eigenvalue weighted by molar-refractivity contribution is 5.65. The number of nitrogen functional groups attached to an aromatic ring is 1. The summed E-state index contributed by atoms with van der Waals surface area (Å²) in [7, 11) is 0. The van der Waals surface area contributed by atoms with Gasteiger partial charge in [0.1, 0.15) is 5.82 Å². The van der Waals surface area contributed by atoms with Crippen molar-refractivity contribution < 1.29 is 0 Å². The minimum Gasteiger partial charge on any atom is -0.384 e. The van der Waals surface area contributed by atoms with E-state index in [-0.39, 0.29) is 0 Å². The highest BCUT2D eigenvalue weighted by atomic mass is 15.3. The Morgan fingerprint density at radius 1 is 1.00 bits per heavy atom. The first kappa shape index (κ1) is 14.1. The molecule has 2 aromatic heterocycles. The van der Waals surface area contributed by atoms with E-state index in [2.05, 4.69) is 41.3 Å². The monoisotopic (exact) mass is 268 g/mol. The molecule has 0 aliphatic carbocycles. The van der Waals surface area contributed by atoms with Gasteiger partial charge >= 0.3 is 0 Å². The van der Waals surface area contributed by atoms with Crippen molar-refractivity contribution in [1.82, 2.24) is 14.6 Å². The highest BCUT2D eigenvalue weighted by Gasteiger charge is 2.07. The van der Waals surface area contributed by atoms with Gasteiger partial charge in [-0.15, -0.1) is 0 Å². The number of aryl methyl sites for hydroxylation is 2. The fourth-order valence-electron chi connectivity index (χ4n) is 1.99. The van der Waals surface area contributed by atoms with E-state index in [0.29, 0.717) is 5.82 Å². The van der Waals surface area contributed by atoms with Gasteiger partial charge in [-0.3, -0.25) is 0 Å². The number of hydrogen-bond acceptors (Lipinski definition) is 3. The van der Waals surface area contributed by atoms with Gasteiger partial charge in [-0.1, -0.05) is 43.7 Å². The summed E-state index contributed by atoms with van der Waals surface area (Å²) < 4.78 is 1.67. The van der Waals surface area contributed by atoms with Gasteiger partial charge in [0.25, 0.3) is 0 Å². The van der Waals surface area contributed by atoms with Gasteiger partial charge in [0, 0.05) is 23.4 Å². The number of anilines is 1. The summed E-state index contributed by atoms with van der Waals surface area (Å²) in [5.74, 6) is 0.607. The number of aromatic nitrogens is 3. The summed E-state index contributed by atoms with van der Waals surface area (Å²) >= 11 is 0. The van der Waals surface area contributed by atoms with Gasteiger partial charge in [0.05, 0.1) is 5.69 Å². The van der Waals surface area contributed by atoms with Crippen LogP contribution in [0.1, 0.15) is 25.1 Å². The summed E-state index contributed by atoms with van der Waals surface area (Å²) in [6.45, 7) is 7.99. The molecular formula is C16H20N4. The number of nitrogens with two attached hydrogens (primary N) is 1. The number of benzene rings is 1. The third kappa shape index (κ3) is 2.64. The molecule has 20 heavy (non-hydrogen) atoms. The number of hydrogen-bond donors (Lipinski definition) is 1. The van der Waals surface area contributed by atoms with Crippen LogP contribution in [0.3, 0.4) is 0 Å². The SMILES string of the molecule is CC.Cc1ccc(-c2cc3nc(C)cc(N)n3n2)cc1. The minimum absolute atomic E-state index is 0.607. The van der Waals surface area contributed by atoms with Crippen molar-refractivity contribution in [3.05, 3.63) is 47.7 Å². The van der Waals surface area contributed by atoms with Crippen molar-refractivity contribution in [1.29, 1.82) is 0 Å². The number of fused-ring (bicyclic) bond motifs is 1. The molecule has 0 aliphatic heterocycles. The molecule has 4 heteroatoms. The van der Waals surface area contributed by atoms with Gasteiger partial charge in [-0.05, 0) is 13.8 Å². The Kier molecular flexibility index (Phi) is 4.03. The topological polar surface area (TPSA) is 56.2 Å². The Hall–Kier alpha value is -2.36. The van der Waals surface area contributed by atoms with Crippen LogP contribution in [0.2, 0.25) is 0 Å². The maximum absolute atomic E-state index is 5.93. The molecule has 4 nitrogen and oxygen atoms in total. The van der Waals surface area contributed by atoms with Gasteiger partial charge < -0.3 is 5.73 Å². The molecule has 0 amide bonds. The third-order valence-corrected chi connectivity index (χ3v) is 2.93. The van der Waals surface area contributed by atoms with Crippen LogP contribution in [0.25, 0.3) is 16.9 Å². The fourth-order valence-corrected chi connectivity index (χ4v) is 1.99. The molecule has 3 aromatic rings. The molecule has 0 unspecified atom stereocenters. The smallest absolute Gasteiger partial charge is 0.158 e. The Bertz CT molecular complexity index is 711. The molecule has 0 bridgehead atoms. The van der Waals surface area contributed by atoms with Crippen LogP contribution in [0.4, 0.5) is 5.82 Å².